The van der Waals surface area contributed by atoms with E-state index >= 15 is 0 Å². The molecule has 1 aromatic carbocycles. The molecule has 1 aromatic rings. The highest BCUT2D eigenvalue weighted by molar-refractivity contribution is 7.99. The molecule has 0 saturated carbocycles. The minimum atomic E-state index is -0.191. The number of halogens is 1. The predicted octanol–water partition coefficient (Wildman–Crippen LogP) is 2.26. The average molecular weight is 254 g/mol. The van der Waals surface area contributed by atoms with E-state index in [-0.39, 0.29) is 11.9 Å². The third-order valence-electron chi connectivity index (χ3n) is 3.45. The molecule has 4 heteroatoms. The average Bonchev–Trinajstić information content (AvgIpc) is 2.86. The van der Waals surface area contributed by atoms with Gasteiger partial charge in [0.05, 0.1) is 0 Å². The zero-order chi connectivity index (χ0) is 12.3. The Morgan fingerprint density at radius 2 is 2.18 bits per heavy atom. The van der Waals surface area contributed by atoms with E-state index < -0.39 is 0 Å². The summed E-state index contributed by atoms with van der Waals surface area (Å²) in [7, 11) is 2.12. The largest absolute Gasteiger partial charge is 0.329 e. The van der Waals surface area contributed by atoms with Gasteiger partial charge < -0.3 is 5.73 Å². The zero-order valence-electron chi connectivity index (χ0n) is 10.1. The summed E-state index contributed by atoms with van der Waals surface area (Å²) in [4.78, 5) is 2.34. The topological polar surface area (TPSA) is 29.3 Å². The van der Waals surface area contributed by atoms with Crippen LogP contribution in [0.25, 0.3) is 0 Å². The van der Waals surface area contributed by atoms with Crippen LogP contribution in [0.1, 0.15) is 18.0 Å². The summed E-state index contributed by atoms with van der Waals surface area (Å²) in [5.41, 5.74) is 6.97. The molecule has 2 rings (SSSR count). The Hall–Kier alpha value is -0.580. The van der Waals surface area contributed by atoms with Gasteiger partial charge in [-0.15, -0.1) is 0 Å². The fourth-order valence-electron chi connectivity index (χ4n) is 2.32. The van der Waals surface area contributed by atoms with E-state index in [1.54, 1.807) is 0 Å². The van der Waals surface area contributed by atoms with Crippen LogP contribution >= 0.6 is 11.8 Å². The molecule has 1 aliphatic rings. The summed E-state index contributed by atoms with van der Waals surface area (Å²) >= 11 is 1.99. The van der Waals surface area contributed by atoms with Crippen molar-refractivity contribution < 1.29 is 4.39 Å². The molecule has 0 radical (unpaired) electrons. The second kappa shape index (κ2) is 5.85. The summed E-state index contributed by atoms with van der Waals surface area (Å²) in [6.07, 6.45) is 1.22. The van der Waals surface area contributed by atoms with Crippen molar-refractivity contribution in [1.29, 1.82) is 0 Å². The molecular formula is C13H19FN2S. The van der Waals surface area contributed by atoms with Crippen molar-refractivity contribution in [1.82, 2.24) is 4.90 Å². The van der Waals surface area contributed by atoms with Gasteiger partial charge in [-0.3, -0.25) is 4.90 Å². The normalized spacial score (nSPS) is 22.0. The second-order valence-electron chi connectivity index (χ2n) is 4.49. The van der Waals surface area contributed by atoms with Crippen LogP contribution < -0.4 is 5.73 Å². The Labute approximate surface area is 106 Å². The van der Waals surface area contributed by atoms with E-state index in [0.717, 1.165) is 5.56 Å². The first-order valence-electron chi connectivity index (χ1n) is 5.97. The van der Waals surface area contributed by atoms with E-state index in [1.165, 1.54) is 30.1 Å². The van der Waals surface area contributed by atoms with Gasteiger partial charge in [-0.25, -0.2) is 4.39 Å². The minimum absolute atomic E-state index is 0.191. The molecule has 1 saturated heterocycles. The summed E-state index contributed by atoms with van der Waals surface area (Å²) in [6.45, 7) is 0.573. The summed E-state index contributed by atoms with van der Waals surface area (Å²) in [5.74, 6) is 2.22. The molecule has 2 atom stereocenters. The summed E-state index contributed by atoms with van der Waals surface area (Å²) < 4.78 is 12.9. The van der Waals surface area contributed by atoms with Gasteiger partial charge in [-0.1, -0.05) is 12.1 Å². The van der Waals surface area contributed by atoms with Gasteiger partial charge >= 0.3 is 0 Å². The number of nitrogens with zero attached hydrogens (tertiary/aromatic N) is 1. The van der Waals surface area contributed by atoms with Crippen LogP contribution in [0.4, 0.5) is 4.39 Å². The van der Waals surface area contributed by atoms with Crippen LogP contribution in [0.5, 0.6) is 0 Å². The molecule has 1 aliphatic heterocycles. The van der Waals surface area contributed by atoms with Crippen LogP contribution in [0.3, 0.4) is 0 Å². The molecule has 0 amide bonds. The Balaban J connectivity index is 2.11. The van der Waals surface area contributed by atoms with Crippen molar-refractivity contribution >= 4 is 11.8 Å². The Bertz CT molecular complexity index is 349. The highest BCUT2D eigenvalue weighted by Crippen LogP contribution is 2.28. The summed E-state index contributed by atoms with van der Waals surface area (Å²) in [5, 5.41) is 0. The smallest absolute Gasteiger partial charge is 0.123 e. The molecule has 17 heavy (non-hydrogen) atoms. The van der Waals surface area contributed by atoms with Crippen molar-refractivity contribution in [3.63, 3.8) is 0 Å². The van der Waals surface area contributed by atoms with Crippen molar-refractivity contribution in [2.75, 3.05) is 25.1 Å². The van der Waals surface area contributed by atoms with E-state index in [2.05, 4.69) is 11.9 Å². The number of hydrogen-bond donors (Lipinski definition) is 1. The van der Waals surface area contributed by atoms with Crippen LogP contribution in [-0.4, -0.2) is 36.0 Å². The number of hydrogen-bond acceptors (Lipinski definition) is 3. The van der Waals surface area contributed by atoms with E-state index in [9.17, 15) is 4.39 Å². The molecule has 0 aromatic heterocycles. The standard InChI is InChI=1S/C13H19FN2S/c1-16(12-6-7-17-9-12)13(8-15)10-2-4-11(14)5-3-10/h2-5,12-13H,6-9,15H2,1H3. The number of likely N-dealkylation sites (N-methyl/N-ethyl adjacent to an activating group) is 1. The molecule has 0 bridgehead atoms. The minimum Gasteiger partial charge on any atom is -0.329 e. The first-order chi connectivity index (χ1) is 8.22. The van der Waals surface area contributed by atoms with Gasteiger partial charge in [0, 0.05) is 24.4 Å². The number of nitrogens with two attached hydrogens (primary N) is 1. The van der Waals surface area contributed by atoms with E-state index in [4.69, 9.17) is 5.73 Å². The molecule has 94 valence electrons. The molecule has 2 unspecified atom stereocenters. The highest BCUT2D eigenvalue weighted by atomic mass is 32.2. The van der Waals surface area contributed by atoms with Crippen LogP contribution in [0.2, 0.25) is 0 Å². The van der Waals surface area contributed by atoms with Gasteiger partial charge in [0.25, 0.3) is 0 Å². The second-order valence-corrected chi connectivity index (χ2v) is 5.64. The molecular weight excluding hydrogens is 235 g/mol. The Kier molecular flexibility index (Phi) is 4.42. The molecule has 0 aliphatic carbocycles. The third-order valence-corrected chi connectivity index (χ3v) is 4.60. The maximum atomic E-state index is 12.9. The van der Waals surface area contributed by atoms with Crippen molar-refractivity contribution in [2.24, 2.45) is 5.73 Å². The van der Waals surface area contributed by atoms with Crippen molar-refractivity contribution in [2.45, 2.75) is 18.5 Å². The van der Waals surface area contributed by atoms with Gasteiger partial charge in [0.2, 0.25) is 0 Å². The first-order valence-corrected chi connectivity index (χ1v) is 7.13. The lowest BCUT2D eigenvalue weighted by atomic mass is 10.0. The number of rotatable bonds is 4. The van der Waals surface area contributed by atoms with Crippen molar-refractivity contribution in [3.05, 3.63) is 35.6 Å². The lowest BCUT2D eigenvalue weighted by Crippen LogP contribution is -2.38. The van der Waals surface area contributed by atoms with Gasteiger partial charge in [0.15, 0.2) is 0 Å². The van der Waals surface area contributed by atoms with Crippen LogP contribution in [-0.2, 0) is 0 Å². The lowest BCUT2D eigenvalue weighted by Gasteiger charge is -2.32. The maximum absolute atomic E-state index is 12.9. The molecule has 0 spiro atoms. The maximum Gasteiger partial charge on any atom is 0.123 e. The number of thioether (sulfide) groups is 1. The number of benzene rings is 1. The van der Waals surface area contributed by atoms with Gasteiger partial charge in [0.1, 0.15) is 5.82 Å². The third kappa shape index (κ3) is 3.00. The quantitative estimate of drug-likeness (QED) is 0.893. The summed E-state index contributed by atoms with van der Waals surface area (Å²) in [6, 6.07) is 7.49. The fourth-order valence-corrected chi connectivity index (χ4v) is 3.60. The van der Waals surface area contributed by atoms with Crippen LogP contribution in [0.15, 0.2) is 24.3 Å². The molecule has 2 N–H and O–H groups in total. The monoisotopic (exact) mass is 254 g/mol. The Morgan fingerprint density at radius 1 is 1.47 bits per heavy atom. The van der Waals surface area contributed by atoms with Crippen LogP contribution in [0, 0.1) is 5.82 Å². The zero-order valence-corrected chi connectivity index (χ0v) is 10.9. The molecule has 1 fully saturated rings. The van der Waals surface area contributed by atoms with Crippen molar-refractivity contribution in [3.8, 4) is 0 Å². The highest BCUT2D eigenvalue weighted by Gasteiger charge is 2.26. The van der Waals surface area contributed by atoms with E-state index in [1.807, 2.05) is 23.9 Å². The fraction of sp³-hybridized carbons (Fsp3) is 0.538. The van der Waals surface area contributed by atoms with Gasteiger partial charge in [-0.05, 0) is 36.9 Å². The lowest BCUT2D eigenvalue weighted by molar-refractivity contribution is 0.193. The van der Waals surface area contributed by atoms with Gasteiger partial charge in [-0.2, -0.15) is 11.8 Å². The van der Waals surface area contributed by atoms with E-state index in [0.29, 0.717) is 12.6 Å². The molecule has 1 heterocycles. The first kappa shape index (κ1) is 12.9. The molecule has 2 nitrogen and oxygen atoms in total. The Morgan fingerprint density at radius 3 is 2.71 bits per heavy atom. The predicted molar refractivity (Wildman–Crippen MR) is 71.7 cm³/mol. The SMILES string of the molecule is CN(C1CCSC1)C(CN)c1ccc(F)cc1.